The number of furan rings is 1. The van der Waals surface area contributed by atoms with Crippen molar-refractivity contribution in [1.29, 1.82) is 0 Å². The van der Waals surface area contributed by atoms with E-state index in [1.165, 1.54) is 0 Å². The van der Waals surface area contributed by atoms with Crippen LogP contribution in [0, 0.1) is 0 Å². The van der Waals surface area contributed by atoms with Crippen LogP contribution in [0.1, 0.15) is 25.7 Å². The molecule has 0 bridgehead atoms. The summed E-state index contributed by atoms with van der Waals surface area (Å²) < 4.78 is 11.4. The van der Waals surface area contributed by atoms with E-state index in [4.69, 9.17) is 20.8 Å². The molecule has 2 unspecified atom stereocenters. The molecule has 0 amide bonds. The molecule has 4 nitrogen and oxygen atoms in total. The summed E-state index contributed by atoms with van der Waals surface area (Å²) in [5, 5.41) is 12.0. The molecule has 0 saturated carbocycles. The number of hydrogen-bond acceptors (Lipinski definition) is 4. The van der Waals surface area contributed by atoms with Crippen LogP contribution < -0.4 is 0 Å². The molecule has 2 atom stereocenters. The normalized spacial score (nSPS) is 22.0. The fourth-order valence-electron chi connectivity index (χ4n) is 2.73. The zero-order valence-electron chi connectivity index (χ0n) is 12.3. The van der Waals surface area contributed by atoms with E-state index in [0.29, 0.717) is 35.6 Å². The van der Waals surface area contributed by atoms with Crippen molar-refractivity contribution >= 4 is 22.6 Å². The number of ether oxygens (including phenoxy) is 1. The Balaban J connectivity index is 1.83. The Bertz CT molecular complexity index is 625. The molecule has 2 heterocycles. The maximum Gasteiger partial charge on any atom is 0.152 e. The monoisotopic (exact) mass is 309 g/mol. The molecule has 114 valence electrons. The summed E-state index contributed by atoms with van der Waals surface area (Å²) in [4.78, 5) is 2.30. The highest BCUT2D eigenvalue weighted by Crippen LogP contribution is 2.32. The van der Waals surface area contributed by atoms with Crippen LogP contribution in [0.5, 0.6) is 0 Å². The van der Waals surface area contributed by atoms with Crippen molar-refractivity contribution in [3.63, 3.8) is 0 Å². The second-order valence-corrected chi connectivity index (χ2v) is 6.16. The summed E-state index contributed by atoms with van der Waals surface area (Å²) >= 11 is 6.11. The second kappa shape index (κ2) is 5.97. The molecule has 1 saturated heterocycles. The van der Waals surface area contributed by atoms with Crippen molar-refractivity contribution in [2.75, 3.05) is 19.7 Å². The van der Waals surface area contributed by atoms with Gasteiger partial charge in [0.2, 0.25) is 0 Å². The van der Waals surface area contributed by atoms with Gasteiger partial charge in [-0.1, -0.05) is 23.7 Å². The van der Waals surface area contributed by atoms with Crippen LogP contribution in [0.3, 0.4) is 0 Å². The largest absolute Gasteiger partial charge is 0.457 e. The van der Waals surface area contributed by atoms with E-state index in [-0.39, 0.29) is 6.10 Å². The first kappa shape index (κ1) is 14.9. The summed E-state index contributed by atoms with van der Waals surface area (Å²) in [6.45, 7) is 6.52. The standard InChI is InChI=1S/C16H20ClNO3/c1-10(2)18-6-7-20-14(9-18)15(19)13-8-11-4-3-5-12(17)16(11)21-13/h3-5,8,10,14-15,19H,6-7,9H2,1-2H3. The van der Waals surface area contributed by atoms with Gasteiger partial charge >= 0.3 is 0 Å². The first-order valence-electron chi connectivity index (χ1n) is 7.28. The van der Waals surface area contributed by atoms with E-state index in [2.05, 4.69) is 18.7 Å². The highest BCUT2D eigenvalue weighted by Gasteiger charge is 2.31. The van der Waals surface area contributed by atoms with Crippen LogP contribution in [0.15, 0.2) is 28.7 Å². The van der Waals surface area contributed by atoms with Crippen molar-refractivity contribution in [2.45, 2.75) is 32.1 Å². The molecule has 1 aliphatic heterocycles. The third kappa shape index (κ3) is 2.94. The van der Waals surface area contributed by atoms with Gasteiger partial charge in [0.05, 0.1) is 11.6 Å². The molecule has 0 spiro atoms. The predicted octanol–water partition coefficient (Wildman–Crippen LogP) is 3.23. The minimum atomic E-state index is -0.782. The van der Waals surface area contributed by atoms with Gasteiger partial charge in [-0.2, -0.15) is 0 Å². The molecule has 2 aromatic rings. The van der Waals surface area contributed by atoms with Crippen molar-refractivity contribution in [2.24, 2.45) is 0 Å². The molecule has 3 rings (SSSR count). The lowest BCUT2D eigenvalue weighted by atomic mass is 10.1. The van der Waals surface area contributed by atoms with Gasteiger partial charge in [-0.15, -0.1) is 0 Å². The number of halogens is 1. The van der Waals surface area contributed by atoms with Crippen LogP contribution >= 0.6 is 11.6 Å². The minimum absolute atomic E-state index is 0.277. The first-order chi connectivity index (χ1) is 10.1. The van der Waals surface area contributed by atoms with Gasteiger partial charge in [0, 0.05) is 24.5 Å². The Hall–Kier alpha value is -1.07. The zero-order chi connectivity index (χ0) is 15.0. The molecule has 21 heavy (non-hydrogen) atoms. The zero-order valence-corrected chi connectivity index (χ0v) is 13.0. The smallest absolute Gasteiger partial charge is 0.152 e. The maximum atomic E-state index is 10.5. The fraction of sp³-hybridized carbons (Fsp3) is 0.500. The Labute approximate surface area is 129 Å². The highest BCUT2D eigenvalue weighted by molar-refractivity contribution is 6.34. The summed E-state index contributed by atoms with van der Waals surface area (Å²) in [5.41, 5.74) is 0.616. The van der Waals surface area contributed by atoms with E-state index in [1.807, 2.05) is 18.2 Å². The van der Waals surface area contributed by atoms with Crippen LogP contribution in [0.2, 0.25) is 5.02 Å². The number of aliphatic hydroxyl groups excluding tert-OH is 1. The molecular formula is C16H20ClNO3. The topological polar surface area (TPSA) is 45.8 Å². The van der Waals surface area contributed by atoms with Crippen molar-refractivity contribution in [3.8, 4) is 0 Å². The number of morpholine rings is 1. The molecule has 1 fully saturated rings. The van der Waals surface area contributed by atoms with Gasteiger partial charge in [-0.3, -0.25) is 4.90 Å². The third-order valence-electron chi connectivity index (χ3n) is 4.01. The minimum Gasteiger partial charge on any atom is -0.457 e. The Kier molecular flexibility index (Phi) is 4.22. The predicted molar refractivity (Wildman–Crippen MR) is 82.6 cm³/mol. The molecule has 1 aromatic heterocycles. The van der Waals surface area contributed by atoms with Gasteiger partial charge in [0.1, 0.15) is 18.0 Å². The lowest BCUT2D eigenvalue weighted by Crippen LogP contribution is -2.47. The van der Waals surface area contributed by atoms with Crippen LogP contribution in [0.25, 0.3) is 11.0 Å². The summed E-state index contributed by atoms with van der Waals surface area (Å²) in [5.74, 6) is 0.508. The molecule has 0 radical (unpaired) electrons. The Morgan fingerprint density at radius 1 is 1.38 bits per heavy atom. The van der Waals surface area contributed by atoms with E-state index >= 15 is 0 Å². The lowest BCUT2D eigenvalue weighted by Gasteiger charge is -2.36. The molecule has 1 aliphatic rings. The van der Waals surface area contributed by atoms with E-state index in [9.17, 15) is 5.11 Å². The van der Waals surface area contributed by atoms with Gasteiger partial charge in [-0.25, -0.2) is 0 Å². The van der Waals surface area contributed by atoms with E-state index in [1.54, 1.807) is 6.07 Å². The quantitative estimate of drug-likeness (QED) is 0.945. The van der Waals surface area contributed by atoms with Gasteiger partial charge in [0.25, 0.3) is 0 Å². The van der Waals surface area contributed by atoms with Gasteiger partial charge in [0.15, 0.2) is 5.58 Å². The number of aliphatic hydroxyl groups is 1. The van der Waals surface area contributed by atoms with Gasteiger partial charge < -0.3 is 14.3 Å². The maximum absolute atomic E-state index is 10.5. The molecular weight excluding hydrogens is 290 g/mol. The summed E-state index contributed by atoms with van der Waals surface area (Å²) in [7, 11) is 0. The number of nitrogens with zero attached hydrogens (tertiary/aromatic N) is 1. The van der Waals surface area contributed by atoms with Crippen LogP contribution in [-0.2, 0) is 4.74 Å². The van der Waals surface area contributed by atoms with Crippen LogP contribution in [0.4, 0.5) is 0 Å². The van der Waals surface area contributed by atoms with Crippen LogP contribution in [-0.4, -0.2) is 41.8 Å². The number of para-hydroxylation sites is 1. The number of fused-ring (bicyclic) bond motifs is 1. The molecule has 5 heteroatoms. The van der Waals surface area contributed by atoms with Crippen molar-refractivity contribution in [1.82, 2.24) is 4.90 Å². The summed E-state index contributed by atoms with van der Waals surface area (Å²) in [6.07, 6.45) is -1.06. The first-order valence-corrected chi connectivity index (χ1v) is 7.65. The molecule has 1 aromatic carbocycles. The second-order valence-electron chi connectivity index (χ2n) is 5.75. The average Bonchev–Trinajstić information content (AvgIpc) is 2.92. The SMILES string of the molecule is CC(C)N1CCOC(C(O)c2cc3cccc(Cl)c3o2)C1. The Morgan fingerprint density at radius 2 is 2.19 bits per heavy atom. The van der Waals surface area contributed by atoms with Gasteiger partial charge in [-0.05, 0) is 26.0 Å². The third-order valence-corrected chi connectivity index (χ3v) is 4.31. The Morgan fingerprint density at radius 3 is 2.90 bits per heavy atom. The summed E-state index contributed by atoms with van der Waals surface area (Å²) in [6, 6.07) is 7.84. The highest BCUT2D eigenvalue weighted by atomic mass is 35.5. The number of hydrogen-bond donors (Lipinski definition) is 1. The van der Waals surface area contributed by atoms with E-state index < -0.39 is 6.10 Å². The average molecular weight is 310 g/mol. The van der Waals surface area contributed by atoms with Crippen molar-refractivity contribution in [3.05, 3.63) is 35.0 Å². The molecule has 0 aliphatic carbocycles. The number of benzene rings is 1. The lowest BCUT2D eigenvalue weighted by molar-refractivity contribution is -0.101. The van der Waals surface area contributed by atoms with E-state index in [0.717, 1.165) is 11.9 Å². The molecule has 1 N–H and O–H groups in total. The fourth-order valence-corrected chi connectivity index (χ4v) is 2.95. The number of rotatable bonds is 3. The van der Waals surface area contributed by atoms with Crippen molar-refractivity contribution < 1.29 is 14.3 Å².